The van der Waals surface area contributed by atoms with Crippen molar-refractivity contribution in [3.05, 3.63) is 34.9 Å². The largest absolute Gasteiger partial charge is 0.395 e. The van der Waals surface area contributed by atoms with Crippen molar-refractivity contribution < 1.29 is 14.7 Å². The number of likely N-dealkylation sites (N-methyl/N-ethyl adjacent to an activating group) is 1. The zero-order chi connectivity index (χ0) is 16.1. The fourth-order valence-electron chi connectivity index (χ4n) is 2.71. The van der Waals surface area contributed by atoms with E-state index in [1.807, 2.05) is 0 Å². The summed E-state index contributed by atoms with van der Waals surface area (Å²) in [6, 6.07) is 6.79. The third kappa shape index (κ3) is 3.99. The molecule has 0 bridgehead atoms. The molecule has 5 nitrogen and oxygen atoms in total. The fraction of sp³-hybridized carbons (Fsp3) is 0.500. The van der Waals surface area contributed by atoms with Crippen molar-refractivity contribution in [2.24, 2.45) is 5.92 Å². The number of hydrogen-bond acceptors (Lipinski definition) is 3. The van der Waals surface area contributed by atoms with Crippen LogP contribution in [0.25, 0.3) is 0 Å². The average Bonchev–Trinajstić information content (AvgIpc) is 2.54. The van der Waals surface area contributed by atoms with Crippen LogP contribution in [0.2, 0.25) is 5.02 Å². The Balaban J connectivity index is 2.02. The summed E-state index contributed by atoms with van der Waals surface area (Å²) in [5.74, 6) is -0.275. The van der Waals surface area contributed by atoms with Gasteiger partial charge in [-0.25, -0.2) is 0 Å². The van der Waals surface area contributed by atoms with Crippen LogP contribution < -0.4 is 0 Å². The van der Waals surface area contributed by atoms with Crippen LogP contribution in [0.5, 0.6) is 0 Å². The van der Waals surface area contributed by atoms with Crippen molar-refractivity contribution in [1.82, 2.24) is 9.80 Å². The number of piperidine rings is 1. The normalized spacial score (nSPS) is 18.1. The van der Waals surface area contributed by atoms with Gasteiger partial charge in [0.1, 0.15) is 0 Å². The number of halogens is 1. The summed E-state index contributed by atoms with van der Waals surface area (Å²) in [7, 11) is 1.68. The Morgan fingerprint density at radius 1 is 1.36 bits per heavy atom. The average molecular weight is 325 g/mol. The molecular weight excluding hydrogens is 304 g/mol. The molecule has 1 heterocycles. The number of likely N-dealkylation sites (tertiary alicyclic amines) is 1. The van der Waals surface area contributed by atoms with Crippen LogP contribution in [-0.2, 0) is 4.79 Å². The molecule has 1 aromatic carbocycles. The minimum Gasteiger partial charge on any atom is -0.395 e. The molecule has 0 spiro atoms. The second-order valence-corrected chi connectivity index (χ2v) is 6.02. The Labute approximate surface area is 135 Å². The highest BCUT2D eigenvalue weighted by Gasteiger charge is 2.30. The predicted octanol–water partition coefficient (Wildman–Crippen LogP) is 1.64. The number of benzene rings is 1. The highest BCUT2D eigenvalue weighted by atomic mass is 35.5. The lowest BCUT2D eigenvalue weighted by atomic mass is 9.96. The first-order chi connectivity index (χ1) is 10.5. The Morgan fingerprint density at radius 2 is 2.05 bits per heavy atom. The van der Waals surface area contributed by atoms with E-state index in [4.69, 9.17) is 16.7 Å². The van der Waals surface area contributed by atoms with Crippen LogP contribution in [0.3, 0.4) is 0 Å². The van der Waals surface area contributed by atoms with Crippen molar-refractivity contribution in [3.63, 3.8) is 0 Å². The molecule has 22 heavy (non-hydrogen) atoms. The molecule has 120 valence electrons. The van der Waals surface area contributed by atoms with E-state index >= 15 is 0 Å². The number of carbonyl (C=O) groups is 2. The topological polar surface area (TPSA) is 60.9 Å². The van der Waals surface area contributed by atoms with Gasteiger partial charge in [0, 0.05) is 37.3 Å². The van der Waals surface area contributed by atoms with Gasteiger partial charge in [-0.1, -0.05) is 11.6 Å². The number of rotatable bonds is 4. The van der Waals surface area contributed by atoms with Crippen LogP contribution in [0.15, 0.2) is 24.3 Å². The van der Waals surface area contributed by atoms with Gasteiger partial charge >= 0.3 is 0 Å². The second kappa shape index (κ2) is 7.61. The summed E-state index contributed by atoms with van der Waals surface area (Å²) in [4.78, 5) is 28.0. The zero-order valence-electron chi connectivity index (χ0n) is 12.7. The number of hydrogen-bond donors (Lipinski definition) is 1. The van der Waals surface area contributed by atoms with Crippen molar-refractivity contribution in [2.45, 2.75) is 12.8 Å². The van der Waals surface area contributed by atoms with E-state index in [0.29, 0.717) is 30.2 Å². The van der Waals surface area contributed by atoms with E-state index in [2.05, 4.69) is 0 Å². The molecule has 6 heteroatoms. The van der Waals surface area contributed by atoms with Crippen molar-refractivity contribution in [2.75, 3.05) is 33.3 Å². The molecule has 1 N–H and O–H groups in total. The standard InChI is InChI=1S/C16H21ClN2O3/c1-18(9-10-20)15(21)13-3-2-8-19(11-13)16(22)12-4-6-14(17)7-5-12/h4-7,13,20H,2-3,8-11H2,1H3. The molecule has 0 saturated carbocycles. The minimum absolute atomic E-state index is 0.0114. The van der Waals surface area contributed by atoms with Gasteiger partial charge in [-0.2, -0.15) is 0 Å². The highest BCUT2D eigenvalue weighted by Crippen LogP contribution is 2.21. The van der Waals surface area contributed by atoms with E-state index in [0.717, 1.165) is 12.8 Å². The van der Waals surface area contributed by atoms with E-state index < -0.39 is 0 Å². The molecule has 1 atom stereocenters. The molecule has 1 saturated heterocycles. The van der Waals surface area contributed by atoms with Gasteiger partial charge < -0.3 is 14.9 Å². The maximum atomic E-state index is 12.5. The van der Waals surface area contributed by atoms with Gasteiger partial charge in [0.2, 0.25) is 5.91 Å². The van der Waals surface area contributed by atoms with Gasteiger partial charge in [0.15, 0.2) is 0 Å². The maximum absolute atomic E-state index is 12.5. The fourth-order valence-corrected chi connectivity index (χ4v) is 2.84. The third-order valence-corrected chi connectivity index (χ3v) is 4.21. The Bertz CT molecular complexity index is 533. The summed E-state index contributed by atoms with van der Waals surface area (Å²) >= 11 is 5.84. The summed E-state index contributed by atoms with van der Waals surface area (Å²) in [5, 5.41) is 9.52. The molecule has 2 amide bonds. The first-order valence-electron chi connectivity index (χ1n) is 7.43. The van der Waals surface area contributed by atoms with E-state index in [1.165, 1.54) is 4.90 Å². The van der Waals surface area contributed by atoms with Crippen LogP contribution in [0, 0.1) is 5.92 Å². The number of carbonyl (C=O) groups excluding carboxylic acids is 2. The SMILES string of the molecule is CN(CCO)C(=O)C1CCCN(C(=O)c2ccc(Cl)cc2)C1. The minimum atomic E-state index is -0.193. The zero-order valence-corrected chi connectivity index (χ0v) is 13.4. The number of aliphatic hydroxyl groups excluding tert-OH is 1. The highest BCUT2D eigenvalue weighted by molar-refractivity contribution is 6.30. The van der Waals surface area contributed by atoms with E-state index in [9.17, 15) is 9.59 Å². The quantitative estimate of drug-likeness (QED) is 0.916. The molecule has 1 aromatic rings. The Morgan fingerprint density at radius 3 is 2.68 bits per heavy atom. The van der Waals surface area contributed by atoms with E-state index in [1.54, 1.807) is 36.2 Å². The van der Waals surface area contributed by atoms with Crippen LogP contribution in [0.1, 0.15) is 23.2 Å². The van der Waals surface area contributed by atoms with Gasteiger partial charge in [0.25, 0.3) is 5.91 Å². The molecule has 1 unspecified atom stereocenters. The number of aliphatic hydroxyl groups is 1. The summed E-state index contributed by atoms with van der Waals surface area (Å²) in [5.41, 5.74) is 0.584. The van der Waals surface area contributed by atoms with Gasteiger partial charge in [-0.05, 0) is 37.1 Å². The lowest BCUT2D eigenvalue weighted by Crippen LogP contribution is -2.46. The van der Waals surface area contributed by atoms with Crippen molar-refractivity contribution in [3.8, 4) is 0 Å². The lowest BCUT2D eigenvalue weighted by molar-refractivity contribution is -0.136. The number of nitrogens with zero attached hydrogens (tertiary/aromatic N) is 2. The molecule has 1 aliphatic rings. The van der Waals surface area contributed by atoms with Gasteiger partial charge in [-0.15, -0.1) is 0 Å². The smallest absolute Gasteiger partial charge is 0.253 e. The summed E-state index contributed by atoms with van der Waals surface area (Å²) in [6.07, 6.45) is 1.59. The monoisotopic (exact) mass is 324 g/mol. The van der Waals surface area contributed by atoms with E-state index in [-0.39, 0.29) is 24.3 Å². The van der Waals surface area contributed by atoms with Gasteiger partial charge in [0.05, 0.1) is 12.5 Å². The Hall–Kier alpha value is -1.59. The summed E-state index contributed by atoms with van der Waals surface area (Å²) in [6.45, 7) is 1.36. The molecule has 2 rings (SSSR count). The predicted molar refractivity (Wildman–Crippen MR) is 84.8 cm³/mol. The molecule has 1 fully saturated rings. The summed E-state index contributed by atoms with van der Waals surface area (Å²) < 4.78 is 0. The molecule has 0 aromatic heterocycles. The van der Waals surface area contributed by atoms with Gasteiger partial charge in [-0.3, -0.25) is 9.59 Å². The Kier molecular flexibility index (Phi) is 5.80. The first-order valence-corrected chi connectivity index (χ1v) is 7.81. The molecule has 0 aliphatic carbocycles. The molecular formula is C16H21ClN2O3. The third-order valence-electron chi connectivity index (χ3n) is 3.96. The maximum Gasteiger partial charge on any atom is 0.253 e. The van der Waals surface area contributed by atoms with Crippen LogP contribution in [-0.4, -0.2) is 60.0 Å². The van der Waals surface area contributed by atoms with Crippen molar-refractivity contribution in [1.29, 1.82) is 0 Å². The molecule has 1 aliphatic heterocycles. The number of amides is 2. The van der Waals surface area contributed by atoms with Crippen LogP contribution >= 0.6 is 11.6 Å². The van der Waals surface area contributed by atoms with Crippen molar-refractivity contribution >= 4 is 23.4 Å². The first kappa shape index (κ1) is 16.8. The second-order valence-electron chi connectivity index (χ2n) is 5.58. The molecule has 0 radical (unpaired) electrons. The van der Waals surface area contributed by atoms with Crippen LogP contribution in [0.4, 0.5) is 0 Å². The lowest BCUT2D eigenvalue weighted by Gasteiger charge is -2.34.